The average Bonchev–Trinajstić information content (AvgIpc) is 0.762. The van der Waals surface area contributed by atoms with Crippen molar-refractivity contribution < 1.29 is 0 Å². The molecular formula is C90H77I. The van der Waals surface area contributed by atoms with Gasteiger partial charge < -0.3 is 0 Å². The highest BCUT2D eigenvalue weighted by molar-refractivity contribution is 14.1. The van der Waals surface area contributed by atoms with E-state index in [9.17, 15) is 0 Å². The molecule has 0 nitrogen and oxygen atoms in total. The maximum Gasteiger partial charge on any atom is -0.00262 e. The number of hydrogen-bond donors (Lipinski definition) is 0. The second kappa shape index (κ2) is 28.4. The zero-order chi connectivity index (χ0) is 62.8. The van der Waals surface area contributed by atoms with Crippen LogP contribution >= 0.6 is 22.6 Å². The SMILES string of the molecule is CCC.CCC.CCI.Cc1ccc2cc(-c3c4ccccc4c(-c4ccc(-c5ccc6ccccc6c5)cc4)c4ccccc34)ccc2c1.Cc1ccc2cc(-c3ccc(-c4c5ccccc5c(-c5ccc6ccccc6c5)c5ccccc45)cc3)ccc2c1. The number of fused-ring (bicyclic) bond motifs is 8. The third-order valence-electron chi connectivity index (χ3n) is 16.9. The molecule has 444 valence electrons. The standard InChI is InChI=1S/2C41H28.2C3H8.C2H5I/c1-27-14-15-34-25-33(22-21-32(34)24-27)29-16-19-30(20-17-29)40-36-10-4-6-12-38(36)41(39-13-7-5-11-37(39)40)35-23-18-28-8-2-3-9-31(28)26-35;1-27-14-15-34-26-35(23-22-32(34)24-27)41-38-12-6-4-10-36(38)40(37-11-5-7-13-39(37)41)30-19-16-29(17-20-30)33-21-18-28-8-2-3-9-31(28)25-33;2*1-3-2;1-2-3/h2*2-26H,1H3;2*3H2,1-2H3;2H2,1H3. The highest BCUT2D eigenvalue weighted by Gasteiger charge is 2.19. The van der Waals surface area contributed by atoms with Crippen LogP contribution in [0.5, 0.6) is 0 Å². The molecule has 0 spiro atoms. The molecule has 0 saturated heterocycles. The molecule has 16 aromatic carbocycles. The van der Waals surface area contributed by atoms with Crippen molar-refractivity contribution in [3.05, 3.63) is 314 Å². The van der Waals surface area contributed by atoms with E-state index in [1.165, 1.54) is 181 Å². The van der Waals surface area contributed by atoms with Crippen LogP contribution < -0.4 is 0 Å². The normalized spacial score (nSPS) is 11.0. The Hall–Kier alpha value is -9.67. The monoisotopic (exact) mass is 1280 g/mol. The fourth-order valence-corrected chi connectivity index (χ4v) is 12.9. The number of alkyl halides is 1. The van der Waals surface area contributed by atoms with Crippen molar-refractivity contribution in [1.29, 1.82) is 0 Å². The molecule has 0 aliphatic rings. The van der Waals surface area contributed by atoms with E-state index in [1.807, 2.05) is 0 Å². The van der Waals surface area contributed by atoms with E-state index in [0.29, 0.717) is 0 Å². The van der Waals surface area contributed by atoms with Crippen molar-refractivity contribution in [1.82, 2.24) is 0 Å². The molecule has 0 saturated carbocycles. The Kier molecular flexibility index (Phi) is 19.2. The Morgan fingerprint density at radius 2 is 0.385 bits per heavy atom. The minimum atomic E-state index is 1.22. The number of halogens is 1. The summed E-state index contributed by atoms with van der Waals surface area (Å²) in [6.45, 7) is 14.9. The van der Waals surface area contributed by atoms with Gasteiger partial charge in [-0.3, -0.25) is 0 Å². The third kappa shape index (κ3) is 13.1. The van der Waals surface area contributed by atoms with E-state index >= 15 is 0 Å². The Bertz CT molecular complexity index is 5100. The highest BCUT2D eigenvalue weighted by Crippen LogP contribution is 2.47. The van der Waals surface area contributed by atoms with Gasteiger partial charge >= 0.3 is 0 Å². The van der Waals surface area contributed by atoms with Crippen LogP contribution in [0.2, 0.25) is 0 Å². The first-order chi connectivity index (χ1) is 44.7. The van der Waals surface area contributed by atoms with Crippen molar-refractivity contribution >= 4 is 109 Å². The van der Waals surface area contributed by atoms with Gasteiger partial charge in [0.25, 0.3) is 0 Å². The molecule has 0 amide bonds. The first-order valence-electron chi connectivity index (χ1n) is 32.3. The van der Waals surface area contributed by atoms with Gasteiger partial charge in [0.2, 0.25) is 0 Å². The van der Waals surface area contributed by atoms with Gasteiger partial charge in [-0.15, -0.1) is 0 Å². The van der Waals surface area contributed by atoms with Crippen molar-refractivity contribution in [3.8, 4) is 66.8 Å². The summed E-state index contributed by atoms with van der Waals surface area (Å²) in [7, 11) is 0. The van der Waals surface area contributed by atoms with Gasteiger partial charge in [-0.1, -0.05) is 360 Å². The van der Waals surface area contributed by atoms with E-state index in [1.54, 1.807) is 0 Å². The molecule has 0 aliphatic carbocycles. The third-order valence-corrected chi connectivity index (χ3v) is 16.9. The fourth-order valence-electron chi connectivity index (χ4n) is 12.9. The van der Waals surface area contributed by atoms with Crippen molar-refractivity contribution in [2.45, 2.75) is 61.3 Å². The largest absolute Gasteiger partial charge is 0.0867 e. The summed E-state index contributed by atoms with van der Waals surface area (Å²) in [5.41, 5.74) is 17.7. The second-order valence-electron chi connectivity index (χ2n) is 23.8. The molecule has 0 radical (unpaired) electrons. The van der Waals surface area contributed by atoms with Gasteiger partial charge in [-0.2, -0.15) is 0 Å². The van der Waals surface area contributed by atoms with Crippen LogP contribution in [0.3, 0.4) is 0 Å². The van der Waals surface area contributed by atoms with Crippen LogP contribution in [0, 0.1) is 13.8 Å². The van der Waals surface area contributed by atoms with E-state index in [0.717, 1.165) is 0 Å². The summed E-state index contributed by atoms with van der Waals surface area (Å²) in [4.78, 5) is 0. The molecule has 0 fully saturated rings. The number of rotatable bonds is 6. The molecule has 0 bridgehead atoms. The van der Waals surface area contributed by atoms with Crippen molar-refractivity contribution in [2.75, 3.05) is 4.43 Å². The molecule has 0 N–H and O–H groups in total. The molecule has 16 aromatic rings. The summed E-state index contributed by atoms with van der Waals surface area (Å²) in [5.74, 6) is 0. The Morgan fingerprint density at radius 1 is 0.198 bits per heavy atom. The quantitative estimate of drug-likeness (QED) is 0.0884. The van der Waals surface area contributed by atoms with Crippen LogP contribution in [-0.4, -0.2) is 4.43 Å². The number of benzene rings is 16. The average molecular weight is 1290 g/mol. The molecule has 0 heterocycles. The Morgan fingerprint density at radius 3 is 0.692 bits per heavy atom. The molecular weight excluding hydrogens is 1210 g/mol. The van der Waals surface area contributed by atoms with Crippen molar-refractivity contribution in [2.24, 2.45) is 0 Å². The first-order valence-corrected chi connectivity index (χ1v) is 33.9. The predicted molar refractivity (Wildman–Crippen MR) is 412 cm³/mol. The summed E-state index contributed by atoms with van der Waals surface area (Å²) in [6, 6.07) is 112. The topological polar surface area (TPSA) is 0 Å². The summed E-state index contributed by atoms with van der Waals surface area (Å²) < 4.78 is 1.22. The molecule has 91 heavy (non-hydrogen) atoms. The van der Waals surface area contributed by atoms with Crippen LogP contribution in [-0.2, 0) is 0 Å². The lowest BCUT2D eigenvalue weighted by atomic mass is 9.85. The lowest BCUT2D eigenvalue weighted by Gasteiger charge is -2.18. The van der Waals surface area contributed by atoms with E-state index in [4.69, 9.17) is 0 Å². The second-order valence-corrected chi connectivity index (χ2v) is 25.3. The highest BCUT2D eigenvalue weighted by atomic mass is 127. The van der Waals surface area contributed by atoms with Crippen LogP contribution in [0.4, 0.5) is 0 Å². The molecule has 16 rings (SSSR count). The van der Waals surface area contributed by atoms with E-state index in [-0.39, 0.29) is 0 Å². The van der Waals surface area contributed by atoms with Crippen LogP contribution in [0.15, 0.2) is 303 Å². The van der Waals surface area contributed by atoms with Gasteiger partial charge in [0.15, 0.2) is 0 Å². The van der Waals surface area contributed by atoms with Gasteiger partial charge in [-0.05, 0) is 195 Å². The van der Waals surface area contributed by atoms with Crippen molar-refractivity contribution in [3.63, 3.8) is 0 Å². The number of aryl methyl sites for hydroxylation is 2. The van der Waals surface area contributed by atoms with Gasteiger partial charge in [0.1, 0.15) is 0 Å². The van der Waals surface area contributed by atoms with E-state index < -0.39 is 0 Å². The van der Waals surface area contributed by atoms with Crippen LogP contribution in [0.1, 0.15) is 58.6 Å². The molecule has 1 heteroatoms. The zero-order valence-corrected chi connectivity index (χ0v) is 55.5. The van der Waals surface area contributed by atoms with Gasteiger partial charge in [0, 0.05) is 0 Å². The molecule has 0 aliphatic heterocycles. The summed E-state index contributed by atoms with van der Waals surface area (Å²) >= 11 is 2.29. The van der Waals surface area contributed by atoms with Crippen LogP contribution in [0.25, 0.3) is 153 Å². The predicted octanol–water partition coefficient (Wildman–Crippen LogP) is 27.5. The molecule has 0 aromatic heterocycles. The Balaban J connectivity index is 0.000000156. The lowest BCUT2D eigenvalue weighted by molar-refractivity contribution is 1.09. The van der Waals surface area contributed by atoms with Gasteiger partial charge in [0.05, 0.1) is 0 Å². The summed E-state index contributed by atoms with van der Waals surface area (Å²) in [6.07, 6.45) is 2.50. The first kappa shape index (κ1) is 61.6. The minimum Gasteiger partial charge on any atom is -0.0867 e. The maximum atomic E-state index is 2.35. The Labute approximate surface area is 551 Å². The van der Waals surface area contributed by atoms with E-state index in [2.05, 4.69) is 374 Å². The maximum absolute atomic E-state index is 2.35. The molecule has 0 unspecified atom stereocenters. The minimum absolute atomic E-state index is 1.22. The zero-order valence-electron chi connectivity index (χ0n) is 53.4. The smallest absolute Gasteiger partial charge is 0.00262 e. The number of hydrogen-bond acceptors (Lipinski definition) is 0. The summed E-state index contributed by atoms with van der Waals surface area (Å²) in [5, 5.41) is 20.4. The molecule has 0 atom stereocenters. The fraction of sp³-hybridized carbons (Fsp3) is 0.111. The lowest BCUT2D eigenvalue weighted by Crippen LogP contribution is -1.91. The van der Waals surface area contributed by atoms with Gasteiger partial charge in [-0.25, -0.2) is 0 Å².